The smallest absolute Gasteiger partial charge is 0.295 e. The molecule has 204 valence electrons. The number of hydrogen-bond acceptors (Lipinski definition) is 6. The zero-order valence-electron chi connectivity index (χ0n) is 23.4. The number of aliphatic hydroxyl groups is 1. The van der Waals surface area contributed by atoms with Gasteiger partial charge in [0.05, 0.1) is 25.3 Å². The first-order valence-electron chi connectivity index (χ1n) is 13.1. The molecule has 39 heavy (non-hydrogen) atoms. The summed E-state index contributed by atoms with van der Waals surface area (Å²) in [5.74, 6) is 0.0267. The number of carbonyl (C=O) groups is 2. The standard InChI is InChI=1S/C32H36N2O5/c1-20(2)19-39-24-9-7-8-22(16-24)28-27(30(36)31(37)34(28)18-21-12-14-33-15-13-21)29(35)23-10-11-26(38-6)25(17-23)32(3,4)5/h7-17,20,28,35H,18-19H2,1-6H3/b29-27+. The molecule has 0 radical (unpaired) electrons. The van der Waals surface area contributed by atoms with E-state index in [0.717, 1.165) is 11.1 Å². The van der Waals surface area contributed by atoms with Crippen LogP contribution in [0.1, 0.15) is 62.9 Å². The predicted molar refractivity (Wildman–Crippen MR) is 151 cm³/mol. The molecule has 1 N–H and O–H groups in total. The maximum Gasteiger partial charge on any atom is 0.295 e. The lowest BCUT2D eigenvalue weighted by molar-refractivity contribution is -0.140. The summed E-state index contributed by atoms with van der Waals surface area (Å²) in [6.07, 6.45) is 3.29. The van der Waals surface area contributed by atoms with Crippen LogP contribution >= 0.6 is 0 Å². The van der Waals surface area contributed by atoms with Gasteiger partial charge in [0, 0.05) is 30.1 Å². The third kappa shape index (κ3) is 5.98. The highest BCUT2D eigenvalue weighted by atomic mass is 16.5. The van der Waals surface area contributed by atoms with Crippen LogP contribution in [0, 0.1) is 5.92 Å². The predicted octanol–water partition coefficient (Wildman–Crippen LogP) is 6.04. The van der Waals surface area contributed by atoms with E-state index in [2.05, 4.69) is 18.8 Å². The van der Waals surface area contributed by atoms with Crippen LogP contribution in [0.25, 0.3) is 5.76 Å². The second kappa shape index (κ2) is 11.3. The van der Waals surface area contributed by atoms with Gasteiger partial charge in [-0.15, -0.1) is 0 Å². The number of pyridine rings is 1. The van der Waals surface area contributed by atoms with Crippen molar-refractivity contribution in [2.24, 2.45) is 5.92 Å². The third-order valence-electron chi connectivity index (χ3n) is 6.68. The Morgan fingerprint density at radius 3 is 2.41 bits per heavy atom. The van der Waals surface area contributed by atoms with Crippen LogP contribution in [0.15, 0.2) is 72.6 Å². The van der Waals surface area contributed by atoms with E-state index in [1.807, 2.05) is 51.1 Å². The molecular formula is C32H36N2O5. The van der Waals surface area contributed by atoms with Crippen LogP contribution < -0.4 is 9.47 Å². The summed E-state index contributed by atoms with van der Waals surface area (Å²) in [5, 5.41) is 11.6. The lowest BCUT2D eigenvalue weighted by atomic mass is 9.84. The van der Waals surface area contributed by atoms with Crippen LogP contribution in [-0.4, -0.2) is 40.4 Å². The van der Waals surface area contributed by atoms with Crippen molar-refractivity contribution in [1.82, 2.24) is 9.88 Å². The maximum absolute atomic E-state index is 13.5. The summed E-state index contributed by atoms with van der Waals surface area (Å²) in [6, 6.07) is 15.5. The van der Waals surface area contributed by atoms with Crippen LogP contribution in [0.5, 0.6) is 11.5 Å². The number of ether oxygens (including phenoxy) is 2. The Bertz CT molecular complexity index is 1390. The van der Waals surface area contributed by atoms with E-state index in [4.69, 9.17) is 9.47 Å². The largest absolute Gasteiger partial charge is 0.507 e. The number of likely N-dealkylation sites (tertiary alicyclic amines) is 1. The molecule has 1 aliphatic rings. The summed E-state index contributed by atoms with van der Waals surface area (Å²) in [7, 11) is 1.60. The molecule has 7 nitrogen and oxygen atoms in total. The Balaban J connectivity index is 1.87. The van der Waals surface area contributed by atoms with Gasteiger partial charge in [0.1, 0.15) is 17.3 Å². The Morgan fingerprint density at radius 2 is 1.77 bits per heavy atom. The van der Waals surface area contributed by atoms with Crippen molar-refractivity contribution in [2.75, 3.05) is 13.7 Å². The number of benzene rings is 2. The van der Waals surface area contributed by atoms with Crippen molar-refractivity contribution in [3.63, 3.8) is 0 Å². The van der Waals surface area contributed by atoms with Crippen molar-refractivity contribution in [3.05, 3.63) is 94.8 Å². The van der Waals surface area contributed by atoms with Gasteiger partial charge in [-0.2, -0.15) is 0 Å². The molecule has 7 heteroatoms. The van der Waals surface area contributed by atoms with Gasteiger partial charge < -0.3 is 19.5 Å². The zero-order valence-corrected chi connectivity index (χ0v) is 23.4. The molecule has 0 aliphatic carbocycles. The summed E-state index contributed by atoms with van der Waals surface area (Å²) >= 11 is 0. The Labute approximate surface area is 230 Å². The average molecular weight is 529 g/mol. The number of nitrogens with zero attached hydrogens (tertiary/aromatic N) is 2. The normalized spacial score (nSPS) is 17.1. The van der Waals surface area contributed by atoms with Gasteiger partial charge >= 0.3 is 0 Å². The molecule has 1 saturated heterocycles. The van der Waals surface area contributed by atoms with Crippen molar-refractivity contribution >= 4 is 17.4 Å². The van der Waals surface area contributed by atoms with Gasteiger partial charge in [-0.3, -0.25) is 14.6 Å². The second-order valence-electron chi connectivity index (χ2n) is 11.2. The van der Waals surface area contributed by atoms with Crippen LogP contribution in [0.3, 0.4) is 0 Å². The molecule has 4 rings (SSSR count). The van der Waals surface area contributed by atoms with E-state index in [1.165, 1.54) is 4.90 Å². The van der Waals surface area contributed by atoms with Crippen molar-refractivity contribution < 1.29 is 24.2 Å². The summed E-state index contributed by atoms with van der Waals surface area (Å²) in [4.78, 5) is 32.5. The molecule has 0 spiro atoms. The number of amides is 1. The number of hydrogen-bond donors (Lipinski definition) is 1. The molecule has 1 unspecified atom stereocenters. The van der Waals surface area contributed by atoms with E-state index in [0.29, 0.717) is 35.2 Å². The van der Waals surface area contributed by atoms with Gasteiger partial charge in [-0.05, 0) is 64.9 Å². The fraction of sp³-hybridized carbons (Fsp3) is 0.344. The first-order chi connectivity index (χ1) is 18.5. The molecule has 2 heterocycles. The SMILES string of the molecule is COc1ccc(/C(O)=C2\C(=O)C(=O)N(Cc3ccncc3)C2c2cccc(OCC(C)C)c2)cc1C(C)(C)C. The highest BCUT2D eigenvalue weighted by molar-refractivity contribution is 6.46. The van der Waals surface area contributed by atoms with E-state index < -0.39 is 17.7 Å². The number of Topliss-reactive ketones (excluding diaryl/α,β-unsaturated/α-hetero) is 1. The minimum absolute atomic E-state index is 0.0418. The molecule has 3 aromatic rings. The molecule has 1 aliphatic heterocycles. The third-order valence-corrected chi connectivity index (χ3v) is 6.68. The number of carbonyl (C=O) groups excluding carboxylic acids is 2. The number of methoxy groups -OCH3 is 1. The highest BCUT2D eigenvalue weighted by Crippen LogP contribution is 2.42. The lowest BCUT2D eigenvalue weighted by Gasteiger charge is -2.26. The molecule has 2 aromatic carbocycles. The lowest BCUT2D eigenvalue weighted by Crippen LogP contribution is -2.29. The minimum Gasteiger partial charge on any atom is -0.507 e. The van der Waals surface area contributed by atoms with Gasteiger partial charge in [0.15, 0.2) is 0 Å². The van der Waals surface area contributed by atoms with Crippen LogP contribution in [0.2, 0.25) is 0 Å². The van der Waals surface area contributed by atoms with Crippen molar-refractivity contribution in [3.8, 4) is 11.5 Å². The van der Waals surface area contributed by atoms with Crippen molar-refractivity contribution in [1.29, 1.82) is 0 Å². The summed E-state index contributed by atoms with van der Waals surface area (Å²) < 4.78 is 11.5. The molecular weight excluding hydrogens is 492 g/mol. The van der Waals surface area contributed by atoms with E-state index in [-0.39, 0.29) is 23.3 Å². The molecule has 1 amide bonds. The van der Waals surface area contributed by atoms with Crippen molar-refractivity contribution in [2.45, 2.75) is 52.6 Å². The highest BCUT2D eigenvalue weighted by Gasteiger charge is 2.46. The summed E-state index contributed by atoms with van der Waals surface area (Å²) in [6.45, 7) is 11.0. The fourth-order valence-corrected chi connectivity index (χ4v) is 4.71. The monoisotopic (exact) mass is 528 g/mol. The maximum atomic E-state index is 13.5. The number of rotatable bonds is 8. The molecule has 1 aromatic heterocycles. The van der Waals surface area contributed by atoms with E-state index in [9.17, 15) is 14.7 Å². The quantitative estimate of drug-likeness (QED) is 0.218. The molecule has 0 saturated carbocycles. The van der Waals surface area contributed by atoms with E-state index in [1.54, 1.807) is 43.8 Å². The van der Waals surface area contributed by atoms with E-state index >= 15 is 0 Å². The molecule has 1 fully saturated rings. The molecule has 0 bridgehead atoms. The zero-order chi connectivity index (χ0) is 28.3. The number of aromatic nitrogens is 1. The minimum atomic E-state index is -0.805. The van der Waals surface area contributed by atoms with Gasteiger partial charge in [-0.25, -0.2) is 0 Å². The van der Waals surface area contributed by atoms with Crippen LogP contribution in [0.4, 0.5) is 0 Å². The summed E-state index contributed by atoms with van der Waals surface area (Å²) in [5.41, 5.74) is 2.58. The second-order valence-corrected chi connectivity index (χ2v) is 11.2. The fourth-order valence-electron chi connectivity index (χ4n) is 4.71. The average Bonchev–Trinajstić information content (AvgIpc) is 3.16. The first kappa shape index (κ1) is 27.9. The van der Waals surface area contributed by atoms with Gasteiger partial charge in [0.25, 0.3) is 11.7 Å². The first-order valence-corrected chi connectivity index (χ1v) is 13.1. The number of ketones is 1. The van der Waals surface area contributed by atoms with Gasteiger partial charge in [0.2, 0.25) is 0 Å². The van der Waals surface area contributed by atoms with Crippen LogP contribution in [-0.2, 0) is 21.5 Å². The Morgan fingerprint density at radius 1 is 1.05 bits per heavy atom. The molecule has 1 atom stereocenters. The topological polar surface area (TPSA) is 89.0 Å². The van der Waals surface area contributed by atoms with Gasteiger partial charge in [-0.1, -0.05) is 46.8 Å². The Kier molecular flexibility index (Phi) is 8.09. The Hall–Kier alpha value is -4.13. The number of aliphatic hydroxyl groups excluding tert-OH is 1.